The number of alkyl halides is 3. The van der Waals surface area contributed by atoms with Gasteiger partial charge in [-0.25, -0.2) is 0 Å². The fraction of sp³-hybridized carbons (Fsp3) is 0.889. The maximum absolute atomic E-state index is 11.8. The summed E-state index contributed by atoms with van der Waals surface area (Å²) in [6.07, 6.45) is 0.0713. The normalized spacial score (nSPS) is 21.7. The van der Waals surface area contributed by atoms with Crippen molar-refractivity contribution in [1.82, 2.24) is 4.90 Å². The Hall–Kier alpha value is 0.1000. The van der Waals surface area contributed by atoms with Gasteiger partial charge in [-0.3, -0.25) is 4.99 Å². The van der Waals surface area contributed by atoms with Gasteiger partial charge in [0.15, 0.2) is 5.96 Å². The molecule has 4 nitrogen and oxygen atoms in total. The van der Waals surface area contributed by atoms with Crippen LogP contribution in [-0.2, 0) is 4.74 Å². The molecule has 1 atom stereocenters. The van der Waals surface area contributed by atoms with Gasteiger partial charge in [-0.2, -0.15) is 13.2 Å². The number of nitrogens with two attached hydrogens (primary N) is 1. The second-order valence-corrected chi connectivity index (χ2v) is 4.82. The van der Waals surface area contributed by atoms with Crippen LogP contribution >= 0.6 is 35.7 Å². The quantitative estimate of drug-likeness (QED) is 0.341. The summed E-state index contributed by atoms with van der Waals surface area (Å²) in [5, 5.41) is 0. The molecule has 0 radical (unpaired) electrons. The lowest BCUT2D eigenvalue weighted by atomic mass is 10.3. The standard InChI is InChI=1S/C9H16F3N3OS.HI/c1-7-6-15(3-4-16-7)8(13)14-2-5-17-9(10,11)12;/h7H,2-6H2,1H3,(H2,13,14);1H. The third-order valence-electron chi connectivity index (χ3n) is 2.20. The SMILES string of the molecule is CC1CN(C(N)=NCCSC(F)(F)F)CCO1.I. The Morgan fingerprint density at radius 2 is 2.22 bits per heavy atom. The Bertz CT molecular complexity index is 278. The highest BCUT2D eigenvalue weighted by molar-refractivity contribution is 14.0. The second-order valence-electron chi connectivity index (χ2n) is 3.66. The minimum atomic E-state index is -4.20. The molecule has 1 saturated heterocycles. The fourth-order valence-corrected chi connectivity index (χ4v) is 1.86. The van der Waals surface area contributed by atoms with Crippen LogP contribution in [0.25, 0.3) is 0 Å². The molecule has 0 aliphatic carbocycles. The summed E-state index contributed by atoms with van der Waals surface area (Å²) < 4.78 is 40.9. The van der Waals surface area contributed by atoms with E-state index in [1.54, 1.807) is 0 Å². The zero-order valence-corrected chi connectivity index (χ0v) is 13.1. The molecular formula is C9H17F3IN3OS. The lowest BCUT2D eigenvalue weighted by Crippen LogP contribution is -2.48. The Morgan fingerprint density at radius 1 is 1.56 bits per heavy atom. The van der Waals surface area contributed by atoms with Crippen LogP contribution in [0.2, 0.25) is 0 Å². The first-order valence-electron chi connectivity index (χ1n) is 5.25. The Labute approximate surface area is 126 Å². The van der Waals surface area contributed by atoms with Gasteiger partial charge < -0.3 is 15.4 Å². The van der Waals surface area contributed by atoms with Crippen LogP contribution in [0.1, 0.15) is 6.92 Å². The van der Waals surface area contributed by atoms with Crippen molar-refractivity contribution in [2.45, 2.75) is 18.5 Å². The van der Waals surface area contributed by atoms with Crippen LogP contribution in [0.3, 0.4) is 0 Å². The number of ether oxygens (including phenoxy) is 1. The molecular weight excluding hydrogens is 382 g/mol. The van der Waals surface area contributed by atoms with Gasteiger partial charge in [0.1, 0.15) is 0 Å². The van der Waals surface area contributed by atoms with Crippen LogP contribution in [0.5, 0.6) is 0 Å². The number of nitrogens with zero attached hydrogens (tertiary/aromatic N) is 2. The van der Waals surface area contributed by atoms with Gasteiger partial charge in [0.05, 0.1) is 19.3 Å². The summed E-state index contributed by atoms with van der Waals surface area (Å²) in [6, 6.07) is 0. The summed E-state index contributed by atoms with van der Waals surface area (Å²) in [6.45, 7) is 3.81. The largest absolute Gasteiger partial charge is 0.441 e. The molecule has 0 spiro atoms. The van der Waals surface area contributed by atoms with Crippen molar-refractivity contribution in [3.63, 3.8) is 0 Å². The summed E-state index contributed by atoms with van der Waals surface area (Å²) in [5.74, 6) is 0.187. The van der Waals surface area contributed by atoms with Gasteiger partial charge in [0.25, 0.3) is 0 Å². The highest BCUT2D eigenvalue weighted by Crippen LogP contribution is 2.29. The van der Waals surface area contributed by atoms with Crippen LogP contribution in [0.4, 0.5) is 13.2 Å². The predicted molar refractivity (Wildman–Crippen MR) is 77.4 cm³/mol. The van der Waals surface area contributed by atoms with Gasteiger partial charge in [0, 0.05) is 18.8 Å². The second kappa shape index (κ2) is 8.31. The first-order valence-corrected chi connectivity index (χ1v) is 6.24. The number of halogens is 4. The molecule has 1 unspecified atom stereocenters. The molecule has 0 aromatic rings. The summed E-state index contributed by atoms with van der Waals surface area (Å²) in [5.41, 5.74) is 1.49. The van der Waals surface area contributed by atoms with Crippen LogP contribution < -0.4 is 5.73 Å². The summed E-state index contributed by atoms with van der Waals surface area (Å²) >= 11 is -0.0831. The van der Waals surface area contributed by atoms with Crippen LogP contribution in [0.15, 0.2) is 4.99 Å². The smallest absolute Gasteiger partial charge is 0.375 e. The van der Waals surface area contributed by atoms with Crippen molar-refractivity contribution in [2.24, 2.45) is 10.7 Å². The third kappa shape index (κ3) is 7.52. The van der Waals surface area contributed by atoms with E-state index < -0.39 is 5.51 Å². The molecule has 0 bridgehead atoms. The minimum Gasteiger partial charge on any atom is -0.375 e. The first-order chi connectivity index (χ1) is 7.88. The molecule has 1 aliphatic heterocycles. The fourth-order valence-electron chi connectivity index (χ4n) is 1.45. The van der Waals surface area contributed by atoms with E-state index in [-0.39, 0.29) is 54.1 Å². The molecule has 0 aromatic carbocycles. The zero-order valence-electron chi connectivity index (χ0n) is 9.94. The predicted octanol–water partition coefficient (Wildman–Crippen LogP) is 1.89. The molecule has 2 N–H and O–H groups in total. The molecule has 0 amide bonds. The van der Waals surface area contributed by atoms with Crippen molar-refractivity contribution < 1.29 is 17.9 Å². The average Bonchev–Trinajstić information content (AvgIpc) is 2.23. The van der Waals surface area contributed by atoms with Gasteiger partial charge in [0.2, 0.25) is 0 Å². The molecule has 18 heavy (non-hydrogen) atoms. The maximum atomic E-state index is 11.8. The Balaban J connectivity index is 0.00000289. The van der Waals surface area contributed by atoms with Crippen molar-refractivity contribution in [1.29, 1.82) is 0 Å². The van der Waals surface area contributed by atoms with Crippen LogP contribution in [0, 0.1) is 0 Å². The van der Waals surface area contributed by atoms with E-state index >= 15 is 0 Å². The van der Waals surface area contributed by atoms with Crippen molar-refractivity contribution in [3.8, 4) is 0 Å². The number of morpholine rings is 1. The molecule has 1 aliphatic rings. The maximum Gasteiger partial charge on any atom is 0.441 e. The van der Waals surface area contributed by atoms with Gasteiger partial charge in [-0.05, 0) is 18.7 Å². The lowest BCUT2D eigenvalue weighted by Gasteiger charge is -2.31. The summed E-state index contributed by atoms with van der Waals surface area (Å²) in [4.78, 5) is 5.76. The Kier molecular flexibility index (Phi) is 8.35. The van der Waals surface area contributed by atoms with E-state index in [0.29, 0.717) is 25.7 Å². The third-order valence-corrected chi connectivity index (χ3v) is 2.91. The Morgan fingerprint density at radius 3 is 2.78 bits per heavy atom. The number of hydrogen-bond acceptors (Lipinski definition) is 3. The van der Waals surface area contributed by atoms with Crippen molar-refractivity contribution in [3.05, 3.63) is 0 Å². The van der Waals surface area contributed by atoms with E-state index in [0.717, 1.165) is 0 Å². The van der Waals surface area contributed by atoms with Gasteiger partial charge >= 0.3 is 5.51 Å². The molecule has 1 rings (SSSR count). The minimum absolute atomic E-state index is 0. The highest BCUT2D eigenvalue weighted by Gasteiger charge is 2.27. The number of rotatable bonds is 3. The van der Waals surface area contributed by atoms with Crippen LogP contribution in [-0.4, -0.2) is 54.5 Å². The van der Waals surface area contributed by atoms with E-state index in [1.807, 2.05) is 11.8 Å². The number of thioether (sulfide) groups is 1. The molecule has 0 saturated carbocycles. The molecule has 9 heteroatoms. The van der Waals surface area contributed by atoms with Gasteiger partial charge in [-0.1, -0.05) is 0 Å². The molecule has 108 valence electrons. The van der Waals surface area contributed by atoms with Crippen molar-refractivity contribution in [2.75, 3.05) is 32.0 Å². The van der Waals surface area contributed by atoms with Gasteiger partial charge in [-0.15, -0.1) is 24.0 Å². The number of hydrogen-bond donors (Lipinski definition) is 1. The highest BCUT2D eigenvalue weighted by atomic mass is 127. The van der Waals surface area contributed by atoms with Crippen molar-refractivity contribution >= 4 is 41.7 Å². The monoisotopic (exact) mass is 399 g/mol. The van der Waals surface area contributed by atoms with E-state index in [4.69, 9.17) is 10.5 Å². The van der Waals surface area contributed by atoms with E-state index in [2.05, 4.69) is 4.99 Å². The molecule has 0 aromatic heterocycles. The molecule has 1 heterocycles. The number of guanidine groups is 1. The topological polar surface area (TPSA) is 50.8 Å². The molecule has 1 fully saturated rings. The van der Waals surface area contributed by atoms with E-state index in [9.17, 15) is 13.2 Å². The number of aliphatic imine (C=N–C) groups is 1. The lowest BCUT2D eigenvalue weighted by molar-refractivity contribution is -0.0327. The average molecular weight is 399 g/mol. The summed E-state index contributed by atoms with van der Waals surface area (Å²) in [7, 11) is 0. The van der Waals surface area contributed by atoms with E-state index in [1.165, 1.54) is 0 Å². The first kappa shape index (κ1) is 18.1. The zero-order chi connectivity index (χ0) is 12.9.